The van der Waals surface area contributed by atoms with Gasteiger partial charge in [0.1, 0.15) is 11.9 Å². The lowest BCUT2D eigenvalue weighted by Gasteiger charge is -2.17. The second-order valence-electron chi connectivity index (χ2n) is 3.50. The van der Waals surface area contributed by atoms with E-state index in [2.05, 4.69) is 5.32 Å². The molecule has 1 aromatic rings. The van der Waals surface area contributed by atoms with E-state index in [1.807, 2.05) is 6.92 Å². The van der Waals surface area contributed by atoms with E-state index in [9.17, 15) is 9.18 Å². The second kappa shape index (κ2) is 4.89. The van der Waals surface area contributed by atoms with E-state index >= 15 is 0 Å². The first-order valence-corrected chi connectivity index (χ1v) is 4.75. The van der Waals surface area contributed by atoms with E-state index in [4.69, 9.17) is 5.11 Å². The van der Waals surface area contributed by atoms with Crippen molar-refractivity contribution >= 4 is 5.97 Å². The molecule has 0 spiro atoms. The maximum atomic E-state index is 12.6. The van der Waals surface area contributed by atoms with Crippen LogP contribution in [0.5, 0.6) is 0 Å². The molecule has 2 atom stereocenters. The largest absolute Gasteiger partial charge is 0.480 e. The van der Waals surface area contributed by atoms with Crippen molar-refractivity contribution in [2.24, 2.45) is 0 Å². The Morgan fingerprint density at radius 2 is 1.87 bits per heavy atom. The highest BCUT2D eigenvalue weighted by Crippen LogP contribution is 2.13. The molecule has 0 aliphatic heterocycles. The Hall–Kier alpha value is -1.42. The minimum Gasteiger partial charge on any atom is -0.480 e. The molecule has 0 aliphatic rings. The van der Waals surface area contributed by atoms with E-state index in [1.165, 1.54) is 12.1 Å². The van der Waals surface area contributed by atoms with Crippen LogP contribution < -0.4 is 5.32 Å². The van der Waals surface area contributed by atoms with E-state index in [0.717, 1.165) is 5.56 Å². The van der Waals surface area contributed by atoms with Gasteiger partial charge in [0.2, 0.25) is 0 Å². The van der Waals surface area contributed by atoms with Crippen LogP contribution in [0.2, 0.25) is 0 Å². The average Bonchev–Trinajstić information content (AvgIpc) is 2.18. The highest BCUT2D eigenvalue weighted by molar-refractivity contribution is 5.72. The second-order valence-corrected chi connectivity index (χ2v) is 3.50. The molecule has 0 saturated carbocycles. The maximum Gasteiger partial charge on any atom is 0.320 e. The molecule has 0 radical (unpaired) electrons. The number of aliphatic carboxylic acids is 1. The summed E-state index contributed by atoms with van der Waals surface area (Å²) in [5.74, 6) is -1.19. The number of halogens is 1. The van der Waals surface area contributed by atoms with Crippen LogP contribution in [-0.2, 0) is 4.79 Å². The van der Waals surface area contributed by atoms with Gasteiger partial charge in [-0.25, -0.2) is 4.39 Å². The first kappa shape index (κ1) is 11.7. The van der Waals surface area contributed by atoms with E-state index in [-0.39, 0.29) is 11.9 Å². The molecule has 1 aromatic carbocycles. The number of rotatable bonds is 4. The zero-order chi connectivity index (χ0) is 11.4. The van der Waals surface area contributed by atoms with E-state index in [0.29, 0.717) is 0 Å². The van der Waals surface area contributed by atoms with Gasteiger partial charge in [-0.3, -0.25) is 10.1 Å². The Labute approximate surface area is 87.9 Å². The molecule has 0 saturated heterocycles. The molecule has 2 N–H and O–H groups in total. The average molecular weight is 211 g/mol. The fourth-order valence-corrected chi connectivity index (χ4v) is 1.29. The Morgan fingerprint density at radius 3 is 2.33 bits per heavy atom. The summed E-state index contributed by atoms with van der Waals surface area (Å²) in [7, 11) is 0. The van der Waals surface area contributed by atoms with Crippen molar-refractivity contribution in [2.75, 3.05) is 0 Å². The molecule has 4 heteroatoms. The van der Waals surface area contributed by atoms with Gasteiger partial charge >= 0.3 is 5.97 Å². The van der Waals surface area contributed by atoms with Gasteiger partial charge in [0.05, 0.1) is 0 Å². The molecular formula is C11H14FNO2. The normalized spacial score (nSPS) is 14.6. The monoisotopic (exact) mass is 211 g/mol. The first-order chi connectivity index (χ1) is 7.00. The Balaban J connectivity index is 2.64. The molecule has 3 nitrogen and oxygen atoms in total. The molecular weight excluding hydrogens is 197 g/mol. The molecule has 15 heavy (non-hydrogen) atoms. The van der Waals surface area contributed by atoms with Gasteiger partial charge < -0.3 is 5.11 Å². The smallest absolute Gasteiger partial charge is 0.320 e. The fraction of sp³-hybridized carbons (Fsp3) is 0.364. The summed E-state index contributed by atoms with van der Waals surface area (Å²) in [4.78, 5) is 10.6. The van der Waals surface area contributed by atoms with Crippen LogP contribution in [0, 0.1) is 5.82 Å². The van der Waals surface area contributed by atoms with Crippen molar-refractivity contribution < 1.29 is 14.3 Å². The van der Waals surface area contributed by atoms with Gasteiger partial charge in [-0.15, -0.1) is 0 Å². The van der Waals surface area contributed by atoms with E-state index < -0.39 is 12.0 Å². The lowest BCUT2D eigenvalue weighted by atomic mass is 10.1. The summed E-state index contributed by atoms with van der Waals surface area (Å²) in [5.41, 5.74) is 0.865. The van der Waals surface area contributed by atoms with Crippen molar-refractivity contribution in [3.8, 4) is 0 Å². The summed E-state index contributed by atoms with van der Waals surface area (Å²) in [6.07, 6.45) is 0. The summed E-state index contributed by atoms with van der Waals surface area (Å²) >= 11 is 0. The van der Waals surface area contributed by atoms with Gasteiger partial charge in [-0.1, -0.05) is 12.1 Å². The van der Waals surface area contributed by atoms with Gasteiger partial charge in [-0.2, -0.15) is 0 Å². The lowest BCUT2D eigenvalue weighted by molar-refractivity contribution is -0.139. The molecule has 0 aromatic heterocycles. The zero-order valence-electron chi connectivity index (χ0n) is 8.70. The number of carboxylic acids is 1. The van der Waals surface area contributed by atoms with Gasteiger partial charge in [0.15, 0.2) is 0 Å². The third kappa shape index (κ3) is 3.32. The lowest BCUT2D eigenvalue weighted by Crippen LogP contribution is -2.35. The molecule has 0 bridgehead atoms. The summed E-state index contributed by atoms with van der Waals surface area (Å²) in [6, 6.07) is 5.27. The first-order valence-electron chi connectivity index (χ1n) is 4.75. The van der Waals surface area contributed by atoms with Crippen LogP contribution in [0.1, 0.15) is 25.5 Å². The summed E-state index contributed by atoms with van der Waals surface area (Å²) < 4.78 is 12.6. The van der Waals surface area contributed by atoms with E-state index in [1.54, 1.807) is 19.1 Å². The highest BCUT2D eigenvalue weighted by Gasteiger charge is 2.14. The zero-order valence-corrected chi connectivity index (χ0v) is 8.70. The van der Waals surface area contributed by atoms with Crippen molar-refractivity contribution in [2.45, 2.75) is 25.9 Å². The molecule has 1 unspecified atom stereocenters. The van der Waals surface area contributed by atoms with Crippen molar-refractivity contribution in [1.29, 1.82) is 0 Å². The maximum absolute atomic E-state index is 12.6. The fourth-order valence-electron chi connectivity index (χ4n) is 1.29. The molecule has 0 fully saturated rings. The van der Waals surface area contributed by atoms with Crippen LogP contribution in [0.25, 0.3) is 0 Å². The Morgan fingerprint density at radius 1 is 1.33 bits per heavy atom. The SMILES string of the molecule is CC(N[C@@H](C)c1ccc(F)cc1)C(=O)O. The highest BCUT2D eigenvalue weighted by atomic mass is 19.1. The van der Waals surface area contributed by atoms with Crippen LogP contribution in [0.15, 0.2) is 24.3 Å². The quantitative estimate of drug-likeness (QED) is 0.800. The number of carbonyl (C=O) groups is 1. The van der Waals surface area contributed by atoms with Gasteiger partial charge in [0.25, 0.3) is 0 Å². The minimum atomic E-state index is -0.899. The third-order valence-corrected chi connectivity index (χ3v) is 2.24. The Kier molecular flexibility index (Phi) is 3.80. The number of nitrogens with one attached hydrogen (secondary N) is 1. The van der Waals surface area contributed by atoms with Crippen LogP contribution in [0.4, 0.5) is 4.39 Å². The molecule has 0 aliphatic carbocycles. The number of hydrogen-bond donors (Lipinski definition) is 2. The standard InChI is InChI=1S/C11H14FNO2/c1-7(13-8(2)11(14)15)9-3-5-10(12)6-4-9/h3-8,13H,1-2H3,(H,14,15)/t7-,8?/m0/s1. The molecule has 0 amide bonds. The molecule has 82 valence electrons. The molecule has 0 heterocycles. The summed E-state index contributed by atoms with van der Waals surface area (Å²) in [5, 5.41) is 11.6. The number of benzene rings is 1. The molecule has 1 rings (SSSR count). The Bertz CT molecular complexity index is 337. The predicted octanol–water partition coefficient (Wildman–Crippen LogP) is 1.95. The predicted molar refractivity (Wildman–Crippen MR) is 55.0 cm³/mol. The van der Waals surface area contributed by atoms with Crippen LogP contribution >= 0.6 is 0 Å². The number of carboxylic acid groups (broad SMARTS) is 1. The minimum absolute atomic E-state index is 0.114. The number of hydrogen-bond acceptors (Lipinski definition) is 2. The topological polar surface area (TPSA) is 49.3 Å². The van der Waals surface area contributed by atoms with Crippen molar-refractivity contribution in [3.05, 3.63) is 35.6 Å². The third-order valence-electron chi connectivity index (χ3n) is 2.24. The van der Waals surface area contributed by atoms with Crippen molar-refractivity contribution in [3.63, 3.8) is 0 Å². The van der Waals surface area contributed by atoms with Gasteiger partial charge in [0, 0.05) is 6.04 Å². The van der Waals surface area contributed by atoms with Crippen LogP contribution in [0.3, 0.4) is 0 Å². The van der Waals surface area contributed by atoms with Gasteiger partial charge in [-0.05, 0) is 31.5 Å². The summed E-state index contributed by atoms with van der Waals surface area (Å²) in [6.45, 7) is 3.41. The van der Waals surface area contributed by atoms with Crippen LogP contribution in [-0.4, -0.2) is 17.1 Å². The van der Waals surface area contributed by atoms with Crippen molar-refractivity contribution in [1.82, 2.24) is 5.32 Å².